The van der Waals surface area contributed by atoms with E-state index < -0.39 is 11.9 Å². The molecule has 0 saturated carbocycles. The lowest BCUT2D eigenvalue weighted by Crippen LogP contribution is -2.49. The van der Waals surface area contributed by atoms with Crippen molar-refractivity contribution >= 4 is 29.9 Å². The zero-order valence-corrected chi connectivity index (χ0v) is 20.8. The van der Waals surface area contributed by atoms with Crippen LogP contribution in [0.4, 0.5) is 0 Å². The number of nitrogens with zero attached hydrogens (tertiary/aromatic N) is 2. The van der Waals surface area contributed by atoms with Gasteiger partial charge in [0.1, 0.15) is 0 Å². The minimum absolute atomic E-state index is 0.0791. The van der Waals surface area contributed by atoms with Crippen LogP contribution < -0.4 is 14.2 Å². The van der Waals surface area contributed by atoms with Crippen LogP contribution >= 0.6 is 0 Å². The van der Waals surface area contributed by atoms with E-state index in [4.69, 9.17) is 29.2 Å². The Morgan fingerprint density at radius 1 is 0.861 bits per heavy atom. The van der Waals surface area contributed by atoms with Gasteiger partial charge >= 0.3 is 17.9 Å². The molecule has 12 nitrogen and oxygen atoms in total. The van der Waals surface area contributed by atoms with E-state index in [0.29, 0.717) is 62.2 Å². The summed E-state index contributed by atoms with van der Waals surface area (Å²) in [5.41, 5.74) is 0.767. The molecule has 0 spiro atoms. The van der Waals surface area contributed by atoms with Crippen LogP contribution in [0.25, 0.3) is 6.08 Å². The molecule has 1 amide bonds. The summed E-state index contributed by atoms with van der Waals surface area (Å²) in [6.45, 7) is 4.84. The third kappa shape index (κ3) is 10.5. The van der Waals surface area contributed by atoms with Crippen molar-refractivity contribution in [1.29, 1.82) is 0 Å². The Hall–Kier alpha value is -4.06. The summed E-state index contributed by atoms with van der Waals surface area (Å²) in [5.74, 6) is -1.26. The summed E-state index contributed by atoms with van der Waals surface area (Å²) in [6, 6.07) is 3.56. The van der Waals surface area contributed by atoms with Gasteiger partial charge in [-0.1, -0.05) is 0 Å². The third-order valence-electron chi connectivity index (χ3n) is 4.82. The van der Waals surface area contributed by atoms with Crippen molar-refractivity contribution in [3.8, 4) is 17.2 Å². The number of carbonyl (C=O) groups is 4. The minimum Gasteiger partial charge on any atom is -0.493 e. The Balaban J connectivity index is 0.000000697. The van der Waals surface area contributed by atoms with Crippen molar-refractivity contribution in [3.05, 3.63) is 35.9 Å². The highest BCUT2D eigenvalue weighted by atomic mass is 16.5. The Morgan fingerprint density at radius 3 is 1.81 bits per heavy atom. The van der Waals surface area contributed by atoms with E-state index in [-0.39, 0.29) is 18.4 Å². The van der Waals surface area contributed by atoms with Crippen LogP contribution in [0, 0.1) is 0 Å². The van der Waals surface area contributed by atoms with Crippen LogP contribution in [-0.4, -0.2) is 104 Å². The monoisotopic (exact) mass is 508 g/mol. The number of aliphatic carboxylic acids is 2. The van der Waals surface area contributed by atoms with Gasteiger partial charge in [-0.3, -0.25) is 14.5 Å². The van der Waals surface area contributed by atoms with Gasteiger partial charge in [0.25, 0.3) is 0 Å². The van der Waals surface area contributed by atoms with E-state index >= 15 is 0 Å². The maximum atomic E-state index is 12.5. The average molecular weight is 509 g/mol. The highest BCUT2D eigenvalue weighted by Crippen LogP contribution is 2.38. The fourth-order valence-corrected chi connectivity index (χ4v) is 3.13. The normalized spacial score (nSPS) is 13.6. The molecule has 0 radical (unpaired) electrons. The number of amides is 1. The van der Waals surface area contributed by atoms with Gasteiger partial charge in [-0.15, -0.1) is 0 Å². The van der Waals surface area contributed by atoms with Gasteiger partial charge in [0, 0.05) is 44.4 Å². The highest BCUT2D eigenvalue weighted by Gasteiger charge is 2.21. The molecule has 1 aromatic carbocycles. The fourth-order valence-electron chi connectivity index (χ4n) is 3.13. The molecule has 0 bridgehead atoms. The van der Waals surface area contributed by atoms with Crippen LogP contribution in [-0.2, 0) is 23.9 Å². The first kappa shape index (κ1) is 30.0. The average Bonchev–Trinajstić information content (AvgIpc) is 2.86. The largest absolute Gasteiger partial charge is 0.493 e. The summed E-state index contributed by atoms with van der Waals surface area (Å²) in [4.78, 5) is 46.9. The molecule has 1 saturated heterocycles. The molecule has 198 valence electrons. The third-order valence-corrected chi connectivity index (χ3v) is 4.82. The Labute approximate surface area is 209 Å². The predicted octanol–water partition coefficient (Wildman–Crippen LogP) is 1.14. The Kier molecular flexibility index (Phi) is 13.1. The van der Waals surface area contributed by atoms with E-state index in [1.807, 2.05) is 4.90 Å². The first-order valence-corrected chi connectivity index (χ1v) is 10.9. The molecule has 0 unspecified atom stereocenters. The van der Waals surface area contributed by atoms with Gasteiger partial charge in [-0.05, 0) is 30.7 Å². The molecule has 1 heterocycles. The van der Waals surface area contributed by atoms with Crippen molar-refractivity contribution in [2.45, 2.75) is 6.92 Å². The molecule has 0 aromatic heterocycles. The maximum absolute atomic E-state index is 12.5. The van der Waals surface area contributed by atoms with Gasteiger partial charge in [-0.2, -0.15) is 0 Å². The molecule has 2 rings (SSSR count). The Bertz CT molecular complexity index is 925. The second-order valence-corrected chi connectivity index (χ2v) is 7.21. The van der Waals surface area contributed by atoms with Crippen molar-refractivity contribution in [1.82, 2.24) is 9.80 Å². The van der Waals surface area contributed by atoms with Gasteiger partial charge in [0.05, 0.1) is 34.5 Å². The molecule has 0 aliphatic carbocycles. The fraction of sp³-hybridized carbons (Fsp3) is 0.417. The van der Waals surface area contributed by atoms with Gasteiger partial charge in [0.15, 0.2) is 11.5 Å². The van der Waals surface area contributed by atoms with Crippen LogP contribution in [0.2, 0.25) is 0 Å². The molecule has 1 aliphatic rings. The van der Waals surface area contributed by atoms with E-state index in [0.717, 1.165) is 5.56 Å². The predicted molar refractivity (Wildman–Crippen MR) is 129 cm³/mol. The summed E-state index contributed by atoms with van der Waals surface area (Å²) in [6.07, 6.45) is 4.37. The van der Waals surface area contributed by atoms with Crippen LogP contribution in [0.1, 0.15) is 12.5 Å². The number of methoxy groups -OCH3 is 3. The van der Waals surface area contributed by atoms with Crippen LogP contribution in [0.5, 0.6) is 17.2 Å². The SMILES string of the molecule is CCOC(=O)CN1CCN(C(=O)/C=C\c2cc(OC)c(OC)c(OC)c2)CC1.O=C(O)/C=C/C(=O)O. The van der Waals surface area contributed by atoms with Crippen LogP contribution in [0.15, 0.2) is 30.4 Å². The molecule has 1 aliphatic heterocycles. The smallest absolute Gasteiger partial charge is 0.328 e. The molecule has 1 aromatic rings. The zero-order chi connectivity index (χ0) is 27.1. The van der Waals surface area contributed by atoms with E-state index in [1.165, 1.54) is 6.08 Å². The lowest BCUT2D eigenvalue weighted by atomic mass is 10.1. The van der Waals surface area contributed by atoms with Crippen molar-refractivity contribution in [2.75, 3.05) is 60.7 Å². The lowest BCUT2D eigenvalue weighted by molar-refractivity contribution is -0.145. The molecule has 0 atom stereocenters. The second-order valence-electron chi connectivity index (χ2n) is 7.21. The lowest BCUT2D eigenvalue weighted by Gasteiger charge is -2.33. The van der Waals surface area contributed by atoms with Gasteiger partial charge in [-0.25, -0.2) is 9.59 Å². The number of benzene rings is 1. The minimum atomic E-state index is -1.26. The molecular formula is C24H32N2O10. The van der Waals surface area contributed by atoms with E-state index in [1.54, 1.807) is 51.4 Å². The molecular weight excluding hydrogens is 476 g/mol. The maximum Gasteiger partial charge on any atom is 0.328 e. The Morgan fingerprint density at radius 2 is 1.39 bits per heavy atom. The topological polar surface area (TPSA) is 152 Å². The number of carboxylic acid groups (broad SMARTS) is 2. The second kappa shape index (κ2) is 15.8. The van der Waals surface area contributed by atoms with Crippen molar-refractivity contribution in [3.63, 3.8) is 0 Å². The van der Waals surface area contributed by atoms with E-state index in [2.05, 4.69) is 0 Å². The number of hydrogen-bond acceptors (Lipinski definition) is 9. The number of rotatable bonds is 10. The quantitative estimate of drug-likeness (QED) is 0.346. The summed E-state index contributed by atoms with van der Waals surface area (Å²) >= 11 is 0. The zero-order valence-electron chi connectivity index (χ0n) is 20.8. The number of hydrogen-bond donors (Lipinski definition) is 2. The molecule has 36 heavy (non-hydrogen) atoms. The molecule has 12 heteroatoms. The van der Waals surface area contributed by atoms with Crippen molar-refractivity contribution in [2.24, 2.45) is 0 Å². The number of carbonyl (C=O) groups excluding carboxylic acids is 2. The van der Waals surface area contributed by atoms with Gasteiger partial charge in [0.2, 0.25) is 11.7 Å². The molecule has 1 fully saturated rings. The summed E-state index contributed by atoms with van der Waals surface area (Å²) in [5, 5.41) is 15.6. The number of ether oxygens (including phenoxy) is 4. The number of piperazine rings is 1. The number of carboxylic acids is 2. The van der Waals surface area contributed by atoms with E-state index in [9.17, 15) is 19.2 Å². The van der Waals surface area contributed by atoms with Crippen molar-refractivity contribution < 1.29 is 48.3 Å². The summed E-state index contributed by atoms with van der Waals surface area (Å²) < 4.78 is 20.9. The highest BCUT2D eigenvalue weighted by molar-refractivity contribution is 5.92. The number of esters is 1. The first-order valence-electron chi connectivity index (χ1n) is 10.9. The molecule has 2 N–H and O–H groups in total. The van der Waals surface area contributed by atoms with Crippen LogP contribution in [0.3, 0.4) is 0 Å². The standard InChI is InChI=1S/C20H28N2O6.C4H4O4/c1-5-28-19(24)14-21-8-10-22(11-9-21)18(23)7-6-15-12-16(25-2)20(27-4)17(13-15)26-3;5-3(6)1-2-4(7)8/h6-7,12-13H,5,8-11,14H2,1-4H3;1-2H,(H,5,6)(H,7,8)/b7-6-;2-1+. The van der Waals surface area contributed by atoms with Gasteiger partial charge < -0.3 is 34.1 Å². The summed E-state index contributed by atoms with van der Waals surface area (Å²) in [7, 11) is 4.64. The first-order chi connectivity index (χ1) is 17.1.